The maximum absolute atomic E-state index is 16.4. The van der Waals surface area contributed by atoms with Gasteiger partial charge in [0.15, 0.2) is 11.6 Å². The maximum Gasteiger partial charge on any atom is 0.438 e. The fourth-order valence-electron chi connectivity index (χ4n) is 11.2. The molecule has 0 bridgehead atoms. The first-order valence-electron chi connectivity index (χ1n) is 22.7. The van der Waals surface area contributed by atoms with Gasteiger partial charge in [-0.15, -0.1) is 0 Å². The highest BCUT2D eigenvalue weighted by Gasteiger charge is 2.59. The van der Waals surface area contributed by atoms with Crippen molar-refractivity contribution in [1.82, 2.24) is 38.5 Å². The van der Waals surface area contributed by atoms with E-state index in [-0.39, 0.29) is 59.9 Å². The number of fused-ring (bicyclic) bond motifs is 3. The van der Waals surface area contributed by atoms with Crippen molar-refractivity contribution in [3.05, 3.63) is 139 Å². The fourth-order valence-corrected chi connectivity index (χ4v) is 12.7. The molecule has 2 fully saturated rings. The molecule has 11 rings (SSSR count). The van der Waals surface area contributed by atoms with E-state index in [1.165, 1.54) is 33.9 Å². The number of carbonyl (C=O) groups is 1. The topological polar surface area (TPSA) is 168 Å². The zero-order valence-electron chi connectivity index (χ0n) is 38.4. The van der Waals surface area contributed by atoms with Crippen molar-refractivity contribution in [3.63, 3.8) is 0 Å². The van der Waals surface area contributed by atoms with E-state index in [4.69, 9.17) is 14.4 Å². The van der Waals surface area contributed by atoms with Crippen LogP contribution in [0.25, 0.3) is 28.1 Å². The summed E-state index contributed by atoms with van der Waals surface area (Å²) in [5.74, 6) is -1.07. The summed E-state index contributed by atoms with van der Waals surface area (Å²) in [6.45, 7) is 12.6. The Hall–Kier alpha value is -6.40. The van der Waals surface area contributed by atoms with Crippen molar-refractivity contribution in [1.29, 1.82) is 0 Å². The van der Waals surface area contributed by atoms with Gasteiger partial charge in [-0.05, 0) is 131 Å². The first kappa shape index (κ1) is 43.2. The number of aromatic amines is 1. The van der Waals surface area contributed by atoms with Gasteiger partial charge in [-0.25, -0.2) is 31.6 Å². The lowest BCUT2D eigenvalue weighted by Crippen LogP contribution is -2.41. The number of benzene rings is 3. The quantitative estimate of drug-likeness (QED) is 0.171. The number of nitrogens with one attached hydrogen (secondary N) is 1. The number of nitrogens with zero attached hydrogens (tertiary/aromatic N) is 8. The standard InChI is InChI=1S/C49H51F2N9O6S/c1-26-20-33(21-27(2)41(26)50)60-43(58-18-17-57(47(58)63)37-10-11-39-34(42(37)51)12-15-52-67(39,7)64)40-29(4)56(16-13-35(40)54-60)44(61)38-23-32-22-30(31-14-19-65-48(5,6)25-31)8-9-36(32)59(38)49(24-28(49)3)45-53-46(62)66-55-45/h8-11,17-18,20-23,28-29,31H,12-16,19,24-25H2,1-7H3,(H,53,55,62)/t28-,29-,31-,49-,67?/m0/s1. The lowest BCUT2D eigenvalue weighted by molar-refractivity contribution is -0.0592. The number of rotatable bonds is 7. The Morgan fingerprint density at radius 2 is 1.70 bits per heavy atom. The molecule has 7 aromatic rings. The maximum atomic E-state index is 16.4. The number of aryl methyl sites for hydroxylation is 2. The summed E-state index contributed by atoms with van der Waals surface area (Å²) < 4.78 is 66.4. The van der Waals surface area contributed by atoms with Gasteiger partial charge in [0.05, 0.1) is 49.9 Å². The van der Waals surface area contributed by atoms with E-state index in [0.29, 0.717) is 69.8 Å². The molecule has 4 aromatic heterocycles. The summed E-state index contributed by atoms with van der Waals surface area (Å²) in [5.41, 5.74) is 3.37. The van der Waals surface area contributed by atoms with Gasteiger partial charge >= 0.3 is 11.4 Å². The van der Waals surface area contributed by atoms with Crippen LogP contribution < -0.4 is 11.4 Å². The van der Waals surface area contributed by atoms with Gasteiger partial charge in [-0.2, -0.15) is 5.10 Å². The Kier molecular flexibility index (Phi) is 9.70. The van der Waals surface area contributed by atoms with E-state index in [2.05, 4.69) is 53.5 Å². The molecule has 0 radical (unpaired) electrons. The van der Waals surface area contributed by atoms with E-state index in [1.807, 2.05) is 17.6 Å². The number of aromatic nitrogens is 7. The predicted octanol–water partition coefficient (Wildman–Crippen LogP) is 7.57. The molecule has 1 aliphatic carbocycles. The first-order chi connectivity index (χ1) is 31.9. The number of H-pyrrole nitrogens is 1. The number of halogens is 2. The van der Waals surface area contributed by atoms with E-state index >= 15 is 13.6 Å². The number of amides is 1. The molecule has 3 aromatic carbocycles. The van der Waals surface area contributed by atoms with Gasteiger partial charge in [0, 0.05) is 60.3 Å². The van der Waals surface area contributed by atoms with Crippen LogP contribution in [0.5, 0.6) is 0 Å². The minimum Gasteiger partial charge on any atom is -0.376 e. The molecule has 0 spiro atoms. The molecule has 348 valence electrons. The van der Waals surface area contributed by atoms with Crippen LogP contribution >= 0.6 is 0 Å². The van der Waals surface area contributed by atoms with Crippen LogP contribution in [0.3, 0.4) is 0 Å². The summed E-state index contributed by atoms with van der Waals surface area (Å²) >= 11 is 0. The zero-order valence-corrected chi connectivity index (χ0v) is 39.2. The summed E-state index contributed by atoms with van der Waals surface area (Å²) in [6, 6.07) is 13.9. The Labute approximate surface area is 384 Å². The monoisotopic (exact) mass is 931 g/mol. The van der Waals surface area contributed by atoms with Crippen LogP contribution in [0.15, 0.2) is 84.3 Å². The van der Waals surface area contributed by atoms with Crippen LogP contribution in [0.2, 0.25) is 0 Å². The highest BCUT2D eigenvalue weighted by molar-refractivity contribution is 7.93. The van der Waals surface area contributed by atoms with Crippen LogP contribution in [0.4, 0.5) is 8.78 Å². The van der Waals surface area contributed by atoms with Crippen LogP contribution in [0.1, 0.15) is 109 Å². The molecule has 1 N–H and O–H groups in total. The Morgan fingerprint density at radius 1 is 0.955 bits per heavy atom. The Bertz CT molecular complexity index is 3470. The minimum atomic E-state index is -2.80. The molecule has 3 aliphatic heterocycles. The van der Waals surface area contributed by atoms with Gasteiger partial charge in [-0.3, -0.25) is 23.4 Å². The number of carbonyl (C=O) groups excluding carboxylic acids is 1. The predicted molar refractivity (Wildman–Crippen MR) is 246 cm³/mol. The third kappa shape index (κ3) is 6.64. The average molecular weight is 932 g/mol. The molecule has 7 heterocycles. The van der Waals surface area contributed by atoms with Crippen molar-refractivity contribution in [3.8, 4) is 17.2 Å². The first-order valence-corrected chi connectivity index (χ1v) is 24.7. The lowest BCUT2D eigenvalue weighted by Gasteiger charge is -2.35. The minimum absolute atomic E-state index is 0.00827. The molecule has 4 aliphatic rings. The van der Waals surface area contributed by atoms with Gasteiger partial charge in [0.1, 0.15) is 22.9 Å². The van der Waals surface area contributed by atoms with Crippen molar-refractivity contribution >= 4 is 26.5 Å². The van der Waals surface area contributed by atoms with Crippen LogP contribution in [-0.2, 0) is 32.8 Å². The molecular formula is C49H51F2N9O6S. The second-order valence-electron chi connectivity index (χ2n) is 19.5. The Morgan fingerprint density at radius 3 is 2.40 bits per heavy atom. The third-order valence-electron chi connectivity index (χ3n) is 14.7. The molecule has 15 nitrogen and oxygen atoms in total. The molecule has 18 heteroatoms. The average Bonchev–Trinajstić information content (AvgIpc) is 3.77. The molecule has 67 heavy (non-hydrogen) atoms. The number of ether oxygens (including phenoxy) is 1. The third-order valence-corrected chi connectivity index (χ3v) is 16.5. The van der Waals surface area contributed by atoms with Gasteiger partial charge < -0.3 is 14.2 Å². The molecule has 1 amide bonds. The van der Waals surface area contributed by atoms with Gasteiger partial charge in [0.2, 0.25) is 0 Å². The highest BCUT2D eigenvalue weighted by atomic mass is 32.2. The van der Waals surface area contributed by atoms with E-state index in [9.17, 15) is 13.8 Å². The van der Waals surface area contributed by atoms with E-state index in [0.717, 1.165) is 29.3 Å². The molecule has 1 unspecified atom stereocenters. The number of hydrogen-bond acceptors (Lipinski definition) is 9. The summed E-state index contributed by atoms with van der Waals surface area (Å²) in [6.07, 6.45) is 7.38. The zero-order chi connectivity index (χ0) is 47.1. The van der Waals surface area contributed by atoms with E-state index < -0.39 is 38.6 Å². The van der Waals surface area contributed by atoms with E-state index in [1.54, 1.807) is 41.6 Å². The molecular weight excluding hydrogens is 881 g/mol. The summed E-state index contributed by atoms with van der Waals surface area (Å²) in [7, 11) is -2.80. The van der Waals surface area contributed by atoms with Crippen molar-refractivity contribution in [2.24, 2.45) is 10.3 Å². The van der Waals surface area contributed by atoms with Crippen molar-refractivity contribution in [2.75, 3.05) is 26.0 Å². The highest BCUT2D eigenvalue weighted by Crippen LogP contribution is 2.56. The molecule has 1 saturated carbocycles. The van der Waals surface area contributed by atoms with Crippen LogP contribution in [0, 0.1) is 31.4 Å². The smallest absolute Gasteiger partial charge is 0.376 e. The molecule has 5 atom stereocenters. The fraction of sp³-hybridized carbons (Fsp3) is 0.408. The van der Waals surface area contributed by atoms with Gasteiger partial charge in [0.25, 0.3) is 5.91 Å². The SMILES string of the molecule is Cc1cc(-n2nc3c(c2-n2ccn(-c4ccc5c(c4F)CCN=S5(C)=O)c2=O)[C@H](C)N(C(=O)c2cc4cc([C@H]5CCOC(C)(C)C5)ccc4n2[C@@]2(c4noc(=O)[nH]4)C[C@@H]2C)CC3)cc(C)c1F. The number of imidazole rings is 1. The number of hydrogen-bond donors (Lipinski definition) is 1. The second kappa shape index (κ2) is 15.1. The molecule has 1 saturated heterocycles. The van der Waals surface area contributed by atoms with Crippen molar-refractivity contribution < 1.29 is 27.0 Å². The van der Waals surface area contributed by atoms with Crippen molar-refractivity contribution in [2.45, 2.75) is 102 Å². The van der Waals surface area contributed by atoms with Gasteiger partial charge in [-0.1, -0.05) is 18.1 Å². The largest absolute Gasteiger partial charge is 0.438 e. The summed E-state index contributed by atoms with van der Waals surface area (Å²) in [4.78, 5) is 47.7. The summed E-state index contributed by atoms with van der Waals surface area (Å²) in [5, 5.41) is 10.1. The lowest BCUT2D eigenvalue weighted by atomic mass is 9.83. The Balaban J connectivity index is 1.06. The normalized spacial score (nSPS) is 24.4. The second-order valence-corrected chi connectivity index (χ2v) is 21.8. The van der Waals surface area contributed by atoms with Crippen LogP contribution in [-0.4, -0.2) is 80.2 Å².